The van der Waals surface area contributed by atoms with Crippen molar-refractivity contribution in [3.63, 3.8) is 0 Å². The molecule has 1 atom stereocenters. The molecule has 2 fully saturated rings. The highest BCUT2D eigenvalue weighted by Crippen LogP contribution is 2.41. The van der Waals surface area contributed by atoms with Crippen molar-refractivity contribution in [2.75, 3.05) is 31.8 Å². The molecule has 0 spiro atoms. The Bertz CT molecular complexity index is 1150. The van der Waals surface area contributed by atoms with Crippen molar-refractivity contribution in [1.82, 2.24) is 4.90 Å². The van der Waals surface area contributed by atoms with E-state index < -0.39 is 24.8 Å². The minimum atomic E-state index is -0.594. The molecule has 4 rings (SSSR count). The van der Waals surface area contributed by atoms with E-state index in [1.165, 1.54) is 11.3 Å². The topological polar surface area (TPSA) is 104 Å². The Labute approximate surface area is 241 Å². The fourth-order valence-electron chi connectivity index (χ4n) is 5.49. The summed E-state index contributed by atoms with van der Waals surface area (Å²) >= 11 is 1.32. The Kier molecular flexibility index (Phi) is 10.4. The summed E-state index contributed by atoms with van der Waals surface area (Å²) < 4.78 is 10.7. The molecule has 0 bridgehead atoms. The fraction of sp³-hybridized carbons (Fsp3) is 0.581. The first-order valence-corrected chi connectivity index (χ1v) is 15.3. The Morgan fingerprint density at radius 2 is 1.68 bits per heavy atom. The van der Waals surface area contributed by atoms with Gasteiger partial charge in [0.15, 0.2) is 6.04 Å². The van der Waals surface area contributed by atoms with Gasteiger partial charge in [-0.25, -0.2) is 9.59 Å². The lowest BCUT2D eigenvalue weighted by Gasteiger charge is -2.40. The molecule has 0 radical (unpaired) electrons. The van der Waals surface area contributed by atoms with Crippen LogP contribution in [0.15, 0.2) is 36.4 Å². The molecule has 9 heteroatoms. The van der Waals surface area contributed by atoms with Crippen molar-refractivity contribution in [2.45, 2.75) is 71.4 Å². The number of likely N-dealkylation sites (tertiary alicyclic amines) is 1. The highest BCUT2D eigenvalue weighted by molar-refractivity contribution is 7.18. The van der Waals surface area contributed by atoms with Gasteiger partial charge in [0, 0.05) is 22.8 Å². The smallest absolute Gasteiger partial charge is 0.367 e. The summed E-state index contributed by atoms with van der Waals surface area (Å²) in [6.45, 7) is 7.31. The molecular weight excluding hydrogens is 526 g/mol. The summed E-state index contributed by atoms with van der Waals surface area (Å²) in [5, 5.41) is 0. The Morgan fingerprint density at radius 3 is 2.30 bits per heavy atom. The third-order valence-electron chi connectivity index (χ3n) is 8.37. The lowest BCUT2D eigenvalue weighted by atomic mass is 9.82. The molecule has 0 unspecified atom stereocenters. The summed E-state index contributed by atoms with van der Waals surface area (Å²) in [4.78, 5) is 45.5. The number of hydrogen-bond acceptors (Lipinski definition) is 7. The fourth-order valence-corrected chi connectivity index (χ4v) is 6.54. The van der Waals surface area contributed by atoms with E-state index in [1.807, 2.05) is 55.1 Å². The quantitative estimate of drug-likeness (QED) is 0.349. The van der Waals surface area contributed by atoms with Crippen LogP contribution in [0.25, 0.3) is 10.4 Å². The van der Waals surface area contributed by atoms with E-state index in [-0.39, 0.29) is 23.8 Å². The molecule has 2 aliphatic rings. The molecular formula is C31H44N3O5S+. The van der Waals surface area contributed by atoms with E-state index in [0.29, 0.717) is 16.5 Å². The van der Waals surface area contributed by atoms with Crippen LogP contribution in [-0.4, -0.2) is 61.8 Å². The van der Waals surface area contributed by atoms with Gasteiger partial charge >= 0.3 is 11.9 Å². The van der Waals surface area contributed by atoms with Crippen molar-refractivity contribution < 1.29 is 29.6 Å². The van der Waals surface area contributed by atoms with Crippen molar-refractivity contribution in [3.05, 3.63) is 41.3 Å². The standard InChI is InChI=1S/C31H43N3O5S/c1-20(2)27(32)30(36)38-19-39-31(37)28-25(18-26(40-28)22-8-6-5-7-9-22)34(24-14-16-33(4)17-15-24)29(35)23-12-10-21(3)11-13-23/h5-9,18,20-21,23-24,27H,10-17,19,32H2,1-4H3/p+1/t21?,23?,27-/m0/s1. The van der Waals surface area contributed by atoms with Gasteiger partial charge in [0.05, 0.1) is 5.69 Å². The average molecular weight is 571 g/mol. The molecule has 1 amide bonds. The molecule has 8 nitrogen and oxygen atoms in total. The Balaban J connectivity index is 1.66. The second kappa shape index (κ2) is 13.7. The predicted octanol–water partition coefficient (Wildman–Crippen LogP) is 4.59. The summed E-state index contributed by atoms with van der Waals surface area (Å²) in [6.07, 6.45) is 5.51. The van der Waals surface area contributed by atoms with Crippen molar-refractivity contribution >= 4 is 34.9 Å². The van der Waals surface area contributed by atoms with Gasteiger partial charge in [-0.05, 0) is 76.2 Å². The second-order valence-electron chi connectivity index (χ2n) is 11.8. The number of carbonyl (C=O) groups excluding carboxylic acids is 3. The van der Waals surface area contributed by atoms with Gasteiger partial charge in [-0.3, -0.25) is 4.79 Å². The number of nitrogens with zero attached hydrogens (tertiary/aromatic N) is 2. The highest BCUT2D eigenvalue weighted by atomic mass is 32.1. The van der Waals surface area contributed by atoms with Crippen LogP contribution in [0.3, 0.4) is 0 Å². The Hall–Kier alpha value is -2.75. The van der Waals surface area contributed by atoms with Crippen LogP contribution < -0.4 is 10.6 Å². The van der Waals surface area contributed by atoms with Crippen LogP contribution in [0.1, 0.15) is 69.0 Å². The van der Waals surface area contributed by atoms with Crippen LogP contribution in [-0.2, 0) is 19.1 Å². The lowest BCUT2D eigenvalue weighted by molar-refractivity contribution is -0.419. The summed E-state index contributed by atoms with van der Waals surface area (Å²) in [7, 11) is 2.10. The number of amides is 1. The number of carbonyl (C=O) groups is 3. The second-order valence-corrected chi connectivity index (χ2v) is 12.8. The number of anilines is 1. The molecule has 1 saturated heterocycles. The highest BCUT2D eigenvalue weighted by Gasteiger charge is 2.37. The van der Waals surface area contributed by atoms with Gasteiger partial charge < -0.3 is 25.0 Å². The molecule has 3 N–H and O–H groups in total. The first kappa shape index (κ1) is 30.2. The summed E-state index contributed by atoms with van der Waals surface area (Å²) in [5.41, 5.74) is 5.41. The molecule has 2 heterocycles. The van der Waals surface area contributed by atoms with Crippen molar-refractivity contribution in [1.29, 1.82) is 0 Å². The van der Waals surface area contributed by atoms with Gasteiger partial charge in [0.2, 0.25) is 12.7 Å². The van der Waals surface area contributed by atoms with Crippen LogP contribution >= 0.6 is 11.3 Å². The first-order chi connectivity index (χ1) is 19.2. The third-order valence-corrected chi connectivity index (χ3v) is 9.52. The van der Waals surface area contributed by atoms with E-state index >= 15 is 0 Å². The molecule has 40 heavy (non-hydrogen) atoms. The van der Waals surface area contributed by atoms with Gasteiger partial charge in [0.25, 0.3) is 0 Å². The number of ether oxygens (including phenoxy) is 2. The molecule has 1 aromatic heterocycles. The number of benzene rings is 1. The third kappa shape index (κ3) is 7.30. The van der Waals surface area contributed by atoms with E-state index in [0.717, 1.165) is 62.1 Å². The van der Waals surface area contributed by atoms with Gasteiger partial charge in [0.1, 0.15) is 4.88 Å². The maximum atomic E-state index is 14.2. The largest absolute Gasteiger partial charge is 0.424 e. The van der Waals surface area contributed by atoms with E-state index in [1.54, 1.807) is 0 Å². The van der Waals surface area contributed by atoms with Crippen molar-refractivity contribution in [2.24, 2.45) is 17.8 Å². The zero-order valence-corrected chi connectivity index (χ0v) is 25.1. The number of thiophene rings is 1. The SMILES string of the molecule is CC1CCC(C(=O)N(c2cc(-c3ccccc3)sc2C(=O)OCOC(=O)[C@@H]([NH3+])C(C)C)C2CCN(C)CC2)CC1. The molecule has 1 saturated carbocycles. The van der Waals surface area contributed by atoms with Crippen LogP contribution in [0.5, 0.6) is 0 Å². The maximum absolute atomic E-state index is 14.2. The minimum Gasteiger partial charge on any atom is -0.424 e. The molecule has 2 aromatic rings. The molecule has 1 aliphatic carbocycles. The minimum absolute atomic E-state index is 0.00335. The summed E-state index contributed by atoms with van der Waals surface area (Å²) in [5.74, 6) is -0.398. The first-order valence-electron chi connectivity index (χ1n) is 14.5. The normalized spacial score (nSPS) is 21.1. The number of hydrogen-bond donors (Lipinski definition) is 1. The molecule has 1 aromatic carbocycles. The lowest BCUT2D eigenvalue weighted by Crippen LogP contribution is -2.67. The number of rotatable bonds is 9. The van der Waals surface area contributed by atoms with Gasteiger partial charge in [-0.15, -0.1) is 11.3 Å². The molecule has 218 valence electrons. The van der Waals surface area contributed by atoms with Gasteiger partial charge in [-0.2, -0.15) is 0 Å². The number of esters is 2. The monoisotopic (exact) mass is 570 g/mol. The van der Waals surface area contributed by atoms with Crippen LogP contribution in [0.4, 0.5) is 5.69 Å². The van der Waals surface area contributed by atoms with Crippen LogP contribution in [0.2, 0.25) is 0 Å². The zero-order chi connectivity index (χ0) is 28.8. The number of piperidine rings is 1. The predicted molar refractivity (Wildman–Crippen MR) is 157 cm³/mol. The van der Waals surface area contributed by atoms with E-state index in [9.17, 15) is 14.4 Å². The Morgan fingerprint density at radius 1 is 1.02 bits per heavy atom. The maximum Gasteiger partial charge on any atom is 0.367 e. The average Bonchev–Trinajstić information content (AvgIpc) is 3.39. The van der Waals surface area contributed by atoms with E-state index in [4.69, 9.17) is 9.47 Å². The van der Waals surface area contributed by atoms with Crippen molar-refractivity contribution in [3.8, 4) is 10.4 Å². The van der Waals surface area contributed by atoms with Crippen LogP contribution in [0, 0.1) is 17.8 Å². The number of quaternary nitrogens is 1. The molecule has 1 aliphatic heterocycles. The summed E-state index contributed by atoms with van der Waals surface area (Å²) in [6, 6.07) is 11.3. The van der Waals surface area contributed by atoms with Gasteiger partial charge in [-0.1, -0.05) is 51.1 Å². The zero-order valence-electron chi connectivity index (χ0n) is 24.3. The van der Waals surface area contributed by atoms with E-state index in [2.05, 4.69) is 24.6 Å².